The third-order valence-electron chi connectivity index (χ3n) is 3.97. The Morgan fingerprint density at radius 1 is 1.40 bits per heavy atom. The first-order valence-electron chi connectivity index (χ1n) is 6.31. The molecular formula is C12H24N2O. The van der Waals surface area contributed by atoms with E-state index in [2.05, 4.69) is 11.8 Å². The van der Waals surface area contributed by atoms with Crippen molar-refractivity contribution >= 4 is 0 Å². The average molecular weight is 212 g/mol. The molecule has 2 rings (SSSR count). The van der Waals surface area contributed by atoms with E-state index >= 15 is 0 Å². The number of likely N-dealkylation sites (tertiary alicyclic amines) is 1. The molecule has 0 bridgehead atoms. The van der Waals surface area contributed by atoms with Crippen LogP contribution in [0.25, 0.3) is 0 Å². The summed E-state index contributed by atoms with van der Waals surface area (Å²) in [6.45, 7) is 7.57. The van der Waals surface area contributed by atoms with Crippen LogP contribution in [-0.4, -0.2) is 43.3 Å². The number of rotatable bonds is 3. The zero-order valence-corrected chi connectivity index (χ0v) is 9.87. The summed E-state index contributed by atoms with van der Waals surface area (Å²) in [6.07, 6.45) is 4.74. The normalized spacial score (nSPS) is 32.0. The number of ether oxygens (including phenoxy) is 1. The van der Waals surface area contributed by atoms with Crippen LogP contribution in [0.2, 0.25) is 0 Å². The van der Waals surface area contributed by atoms with E-state index in [-0.39, 0.29) is 5.54 Å². The first kappa shape index (κ1) is 11.4. The lowest BCUT2D eigenvalue weighted by Gasteiger charge is -2.36. The molecule has 0 saturated carbocycles. The minimum Gasteiger partial charge on any atom is -0.381 e. The van der Waals surface area contributed by atoms with Crippen LogP contribution in [0, 0.1) is 5.92 Å². The van der Waals surface area contributed by atoms with E-state index < -0.39 is 0 Å². The average Bonchev–Trinajstić information content (AvgIpc) is 2.66. The van der Waals surface area contributed by atoms with Crippen LogP contribution in [0.4, 0.5) is 0 Å². The van der Waals surface area contributed by atoms with Gasteiger partial charge in [0.05, 0.1) is 0 Å². The Morgan fingerprint density at radius 2 is 2.13 bits per heavy atom. The van der Waals surface area contributed by atoms with Crippen LogP contribution in [0.15, 0.2) is 0 Å². The van der Waals surface area contributed by atoms with Crippen LogP contribution < -0.4 is 5.73 Å². The quantitative estimate of drug-likeness (QED) is 0.764. The summed E-state index contributed by atoms with van der Waals surface area (Å²) in [5.41, 5.74) is 6.43. The third kappa shape index (κ3) is 2.92. The van der Waals surface area contributed by atoms with Crippen LogP contribution in [0.1, 0.15) is 32.6 Å². The Hall–Kier alpha value is -0.120. The Labute approximate surface area is 93.0 Å². The van der Waals surface area contributed by atoms with Crippen molar-refractivity contribution in [3.63, 3.8) is 0 Å². The van der Waals surface area contributed by atoms with Crippen LogP contribution >= 0.6 is 0 Å². The summed E-state index contributed by atoms with van der Waals surface area (Å²) in [4.78, 5) is 2.56. The number of nitrogens with zero attached hydrogens (tertiary/aromatic N) is 1. The van der Waals surface area contributed by atoms with Crippen molar-refractivity contribution < 1.29 is 4.74 Å². The van der Waals surface area contributed by atoms with Crippen molar-refractivity contribution in [3.8, 4) is 0 Å². The summed E-state index contributed by atoms with van der Waals surface area (Å²) in [5, 5.41) is 0. The Kier molecular flexibility index (Phi) is 3.65. The smallest absolute Gasteiger partial charge is 0.0484 e. The number of hydrogen-bond donors (Lipinski definition) is 1. The van der Waals surface area contributed by atoms with Crippen molar-refractivity contribution in [3.05, 3.63) is 0 Å². The minimum absolute atomic E-state index is 0.0287. The zero-order chi connectivity index (χ0) is 10.7. The first-order valence-corrected chi connectivity index (χ1v) is 6.31. The first-order chi connectivity index (χ1) is 7.22. The molecule has 1 unspecified atom stereocenters. The predicted octanol–water partition coefficient (Wildman–Crippen LogP) is 1.23. The van der Waals surface area contributed by atoms with Crippen molar-refractivity contribution in [2.45, 2.75) is 38.1 Å². The molecule has 0 radical (unpaired) electrons. The van der Waals surface area contributed by atoms with Gasteiger partial charge >= 0.3 is 0 Å². The van der Waals surface area contributed by atoms with Gasteiger partial charge in [0.15, 0.2) is 0 Å². The standard InChI is InChI=1S/C12H24N2O/c1-2-11-3-6-14(9-11)10-12(13)4-7-15-8-5-12/h11H,2-10,13H2,1H3. The molecule has 88 valence electrons. The maximum atomic E-state index is 6.40. The second-order valence-electron chi connectivity index (χ2n) is 5.27. The maximum absolute atomic E-state index is 6.40. The molecule has 0 aromatic heterocycles. The summed E-state index contributed by atoms with van der Waals surface area (Å²) in [5.74, 6) is 0.911. The molecule has 0 aliphatic carbocycles. The summed E-state index contributed by atoms with van der Waals surface area (Å²) in [6, 6.07) is 0. The molecule has 15 heavy (non-hydrogen) atoms. The fourth-order valence-electron chi connectivity index (χ4n) is 2.77. The van der Waals surface area contributed by atoms with E-state index in [4.69, 9.17) is 10.5 Å². The van der Waals surface area contributed by atoms with E-state index in [0.717, 1.165) is 38.5 Å². The largest absolute Gasteiger partial charge is 0.381 e. The van der Waals surface area contributed by atoms with Gasteiger partial charge in [-0.2, -0.15) is 0 Å². The van der Waals surface area contributed by atoms with Gasteiger partial charge in [-0.1, -0.05) is 13.3 Å². The van der Waals surface area contributed by atoms with Gasteiger partial charge in [-0.3, -0.25) is 0 Å². The SMILES string of the molecule is CCC1CCN(CC2(N)CCOCC2)C1. The summed E-state index contributed by atoms with van der Waals surface area (Å²) in [7, 11) is 0. The van der Waals surface area contributed by atoms with E-state index in [1.165, 1.54) is 25.9 Å². The molecule has 2 fully saturated rings. The van der Waals surface area contributed by atoms with E-state index in [9.17, 15) is 0 Å². The highest BCUT2D eigenvalue weighted by atomic mass is 16.5. The van der Waals surface area contributed by atoms with Gasteiger partial charge in [-0.05, 0) is 31.7 Å². The van der Waals surface area contributed by atoms with Gasteiger partial charge < -0.3 is 15.4 Å². The summed E-state index contributed by atoms with van der Waals surface area (Å²) >= 11 is 0. The lowest BCUT2D eigenvalue weighted by molar-refractivity contribution is 0.0404. The molecule has 3 heteroatoms. The van der Waals surface area contributed by atoms with Crippen LogP contribution in [-0.2, 0) is 4.74 Å². The molecule has 0 amide bonds. The molecule has 2 aliphatic heterocycles. The molecule has 1 atom stereocenters. The van der Waals surface area contributed by atoms with E-state index in [1.54, 1.807) is 0 Å². The molecule has 2 heterocycles. The van der Waals surface area contributed by atoms with Crippen LogP contribution in [0.5, 0.6) is 0 Å². The van der Waals surface area contributed by atoms with Crippen molar-refractivity contribution in [1.29, 1.82) is 0 Å². The molecule has 2 saturated heterocycles. The number of hydrogen-bond acceptors (Lipinski definition) is 3. The lowest BCUT2D eigenvalue weighted by Crippen LogP contribution is -2.53. The fraction of sp³-hybridized carbons (Fsp3) is 1.00. The Bertz CT molecular complexity index is 202. The fourth-order valence-corrected chi connectivity index (χ4v) is 2.77. The maximum Gasteiger partial charge on any atom is 0.0484 e. The summed E-state index contributed by atoms with van der Waals surface area (Å²) < 4.78 is 5.37. The van der Waals surface area contributed by atoms with E-state index in [0.29, 0.717) is 0 Å². The molecule has 3 nitrogen and oxygen atoms in total. The molecule has 0 spiro atoms. The van der Waals surface area contributed by atoms with Gasteiger partial charge in [-0.15, -0.1) is 0 Å². The van der Waals surface area contributed by atoms with Gasteiger partial charge in [0.2, 0.25) is 0 Å². The Balaban J connectivity index is 1.80. The second kappa shape index (κ2) is 4.81. The zero-order valence-electron chi connectivity index (χ0n) is 9.87. The highest BCUT2D eigenvalue weighted by molar-refractivity contribution is 4.91. The highest BCUT2D eigenvalue weighted by Crippen LogP contribution is 2.24. The second-order valence-corrected chi connectivity index (χ2v) is 5.27. The molecule has 0 aromatic rings. The Morgan fingerprint density at radius 3 is 2.73 bits per heavy atom. The van der Waals surface area contributed by atoms with Gasteiger partial charge in [0.25, 0.3) is 0 Å². The van der Waals surface area contributed by atoms with E-state index in [1.807, 2.05) is 0 Å². The van der Waals surface area contributed by atoms with Crippen molar-refractivity contribution in [2.24, 2.45) is 11.7 Å². The van der Waals surface area contributed by atoms with Gasteiger partial charge in [-0.25, -0.2) is 0 Å². The van der Waals surface area contributed by atoms with Crippen LogP contribution in [0.3, 0.4) is 0 Å². The number of nitrogens with two attached hydrogens (primary N) is 1. The van der Waals surface area contributed by atoms with Gasteiger partial charge in [0.1, 0.15) is 0 Å². The molecule has 0 aromatic carbocycles. The topological polar surface area (TPSA) is 38.5 Å². The van der Waals surface area contributed by atoms with Gasteiger partial charge in [0, 0.05) is 31.8 Å². The van der Waals surface area contributed by atoms with Crippen molar-refractivity contribution in [1.82, 2.24) is 4.90 Å². The molecular weight excluding hydrogens is 188 g/mol. The highest BCUT2D eigenvalue weighted by Gasteiger charge is 2.32. The lowest BCUT2D eigenvalue weighted by atomic mass is 9.91. The molecule has 2 N–H and O–H groups in total. The molecule has 2 aliphatic rings. The third-order valence-corrected chi connectivity index (χ3v) is 3.97. The van der Waals surface area contributed by atoms with Crippen molar-refractivity contribution in [2.75, 3.05) is 32.8 Å². The predicted molar refractivity (Wildman–Crippen MR) is 61.8 cm³/mol. The monoisotopic (exact) mass is 212 g/mol. The minimum atomic E-state index is 0.0287.